The van der Waals surface area contributed by atoms with E-state index >= 15 is 0 Å². The molecule has 2 unspecified atom stereocenters. The first kappa shape index (κ1) is 30.0. The van der Waals surface area contributed by atoms with Crippen LogP contribution in [0.25, 0.3) is 11.2 Å². The predicted octanol–water partition coefficient (Wildman–Crippen LogP) is 0.860. The lowest BCUT2D eigenvalue weighted by atomic mass is 9.99. The second kappa shape index (κ2) is 12.8. The number of fused-ring (bicyclic) bond motifs is 1. The van der Waals surface area contributed by atoms with Crippen LogP contribution in [0, 0.1) is 10.1 Å². The van der Waals surface area contributed by atoms with E-state index in [1.165, 1.54) is 12.4 Å². The summed E-state index contributed by atoms with van der Waals surface area (Å²) in [6.07, 6.45) is -9.31. The van der Waals surface area contributed by atoms with E-state index in [4.69, 9.17) is 18.9 Å². The molecule has 4 aromatic rings. The van der Waals surface area contributed by atoms with E-state index in [9.17, 15) is 40.1 Å². The molecule has 44 heavy (non-hydrogen) atoms. The highest BCUT2D eigenvalue weighted by Crippen LogP contribution is 2.32. The number of carboxylic acid groups (broad SMARTS) is 1. The smallest absolute Gasteiger partial charge is 0.414 e. The zero-order valence-electron chi connectivity index (χ0n) is 22.3. The molecule has 0 radical (unpaired) electrons. The van der Waals surface area contributed by atoms with Crippen LogP contribution in [0.4, 0.5) is 16.4 Å². The number of imidazole rings is 1. The molecular weight excluding hydrogens is 588 g/mol. The number of H-pyrrole nitrogens is 1. The fraction of sp³-hybridized carbons (Fsp3) is 0.269. The standard InChI is InChI=1S/C26H24N6O12/c33-17-18(34)20(23(36)37)44-24(19(17)35)43-15-7-6-13(8-14(15)32(39)40)10-42-26(38)31-25-29-21-16(27-11-28-21)22(30-25)41-9-12-4-2-1-3-5-12/h1-8,11,17-20,24,33-35H,9-10H2,(H,36,37)(H2,27,28,29,30,31,38)/t17?,18-,19-,20?,24+/m0/s1. The molecule has 1 saturated heterocycles. The molecule has 1 aliphatic heterocycles. The van der Waals surface area contributed by atoms with Gasteiger partial charge in [0.05, 0.1) is 11.3 Å². The van der Waals surface area contributed by atoms with Crippen molar-refractivity contribution in [3.63, 3.8) is 0 Å². The van der Waals surface area contributed by atoms with Crippen LogP contribution in [0.3, 0.4) is 0 Å². The maximum absolute atomic E-state index is 12.5. The van der Waals surface area contributed by atoms with Crippen molar-refractivity contribution in [1.29, 1.82) is 0 Å². The lowest BCUT2D eigenvalue weighted by Gasteiger charge is -2.38. The van der Waals surface area contributed by atoms with Gasteiger partial charge in [-0.3, -0.25) is 15.4 Å². The van der Waals surface area contributed by atoms with Crippen molar-refractivity contribution in [2.45, 2.75) is 43.9 Å². The third kappa shape index (κ3) is 6.63. The molecule has 1 fully saturated rings. The van der Waals surface area contributed by atoms with Gasteiger partial charge in [-0.2, -0.15) is 9.97 Å². The number of aliphatic hydroxyl groups excluding tert-OH is 3. The minimum absolute atomic E-state index is 0.127. The Morgan fingerprint density at radius 2 is 1.80 bits per heavy atom. The van der Waals surface area contributed by atoms with Crippen molar-refractivity contribution >= 4 is 34.9 Å². The summed E-state index contributed by atoms with van der Waals surface area (Å²) in [5.41, 5.74) is 1.00. The number of carbonyl (C=O) groups is 2. The Balaban J connectivity index is 1.24. The molecule has 2 aromatic carbocycles. The molecule has 0 saturated carbocycles. The highest BCUT2D eigenvalue weighted by atomic mass is 16.7. The average molecular weight is 613 g/mol. The number of aliphatic hydroxyl groups is 3. The molecule has 0 bridgehead atoms. The largest absolute Gasteiger partial charge is 0.479 e. The van der Waals surface area contributed by atoms with E-state index in [0.717, 1.165) is 17.7 Å². The summed E-state index contributed by atoms with van der Waals surface area (Å²) in [7, 11) is 0. The van der Waals surface area contributed by atoms with Gasteiger partial charge in [-0.25, -0.2) is 14.6 Å². The van der Waals surface area contributed by atoms with Crippen LogP contribution in [0.2, 0.25) is 0 Å². The number of amides is 1. The van der Waals surface area contributed by atoms with Gasteiger partial charge in [0.1, 0.15) is 37.0 Å². The van der Waals surface area contributed by atoms with Crippen molar-refractivity contribution in [3.8, 4) is 11.6 Å². The maximum atomic E-state index is 12.5. The Morgan fingerprint density at radius 1 is 1.02 bits per heavy atom. The molecule has 5 rings (SSSR count). The van der Waals surface area contributed by atoms with E-state index in [2.05, 4.69) is 25.3 Å². The topological polar surface area (TPSA) is 262 Å². The molecule has 1 aliphatic rings. The number of carbonyl (C=O) groups excluding carboxylic acids is 1. The summed E-state index contributed by atoms with van der Waals surface area (Å²) in [6.45, 7) is -0.258. The quantitative estimate of drug-likeness (QED) is 0.107. The van der Waals surface area contributed by atoms with Crippen molar-refractivity contribution in [2.24, 2.45) is 0 Å². The Kier molecular flexibility index (Phi) is 8.76. The number of rotatable bonds is 10. The SMILES string of the molecule is O=C(Nc1nc(OCc2ccccc2)c2[nH]cnc2n1)OCc1ccc(O[C@@H]2OC(C(=O)O)[C@@H](O)C(O)[C@@H]2O)c([N+](=O)[O-])c1. The van der Waals surface area contributed by atoms with E-state index in [1.54, 1.807) is 0 Å². The number of aliphatic carboxylic acids is 1. The minimum atomic E-state index is -1.97. The monoisotopic (exact) mass is 612 g/mol. The molecule has 18 nitrogen and oxygen atoms in total. The normalized spacial score (nSPS) is 21.4. The van der Waals surface area contributed by atoms with Gasteiger partial charge in [0, 0.05) is 6.07 Å². The van der Waals surface area contributed by atoms with Gasteiger partial charge in [-0.05, 0) is 17.2 Å². The minimum Gasteiger partial charge on any atom is -0.479 e. The average Bonchev–Trinajstić information content (AvgIpc) is 3.48. The molecule has 1 amide bonds. The lowest BCUT2D eigenvalue weighted by molar-refractivity contribution is -0.387. The number of nitrogens with zero attached hydrogens (tertiary/aromatic N) is 4. The predicted molar refractivity (Wildman–Crippen MR) is 144 cm³/mol. The number of hydrogen-bond donors (Lipinski definition) is 6. The number of carboxylic acids is 1. The Labute approximate surface area is 246 Å². The zero-order valence-corrected chi connectivity index (χ0v) is 22.3. The van der Waals surface area contributed by atoms with Gasteiger partial charge in [-0.15, -0.1) is 0 Å². The molecule has 3 heterocycles. The molecule has 0 spiro atoms. The third-order valence-electron chi connectivity index (χ3n) is 6.33. The summed E-state index contributed by atoms with van der Waals surface area (Å²) < 4.78 is 21.2. The van der Waals surface area contributed by atoms with E-state index in [0.29, 0.717) is 5.52 Å². The second-order valence-electron chi connectivity index (χ2n) is 9.34. The third-order valence-corrected chi connectivity index (χ3v) is 6.33. The molecular formula is C26H24N6O12. The number of aromatic amines is 1. The summed E-state index contributed by atoms with van der Waals surface area (Å²) in [4.78, 5) is 49.9. The van der Waals surface area contributed by atoms with E-state index in [1.807, 2.05) is 30.3 Å². The number of ether oxygens (including phenoxy) is 4. The molecule has 18 heteroatoms. The van der Waals surface area contributed by atoms with Gasteiger partial charge in [0.25, 0.3) is 0 Å². The maximum Gasteiger partial charge on any atom is 0.414 e. The summed E-state index contributed by atoms with van der Waals surface area (Å²) in [5, 5.41) is 53.2. The summed E-state index contributed by atoms with van der Waals surface area (Å²) in [5.74, 6) is -2.15. The summed E-state index contributed by atoms with van der Waals surface area (Å²) >= 11 is 0. The highest BCUT2D eigenvalue weighted by Gasteiger charge is 2.48. The molecule has 6 N–H and O–H groups in total. The van der Waals surface area contributed by atoms with Gasteiger partial charge in [-0.1, -0.05) is 36.4 Å². The van der Waals surface area contributed by atoms with Crippen molar-refractivity contribution in [2.75, 3.05) is 5.32 Å². The number of nitrogens with one attached hydrogen (secondary N) is 2. The Morgan fingerprint density at radius 3 is 2.52 bits per heavy atom. The molecule has 5 atom stereocenters. The first-order valence-corrected chi connectivity index (χ1v) is 12.8. The van der Waals surface area contributed by atoms with Crippen LogP contribution in [0.1, 0.15) is 11.1 Å². The van der Waals surface area contributed by atoms with Gasteiger partial charge in [0.15, 0.2) is 17.5 Å². The Hall–Kier alpha value is -5.43. The zero-order chi connectivity index (χ0) is 31.4. The number of nitro groups is 1. The van der Waals surface area contributed by atoms with Gasteiger partial charge < -0.3 is 44.4 Å². The lowest BCUT2D eigenvalue weighted by Crippen LogP contribution is -2.61. The van der Waals surface area contributed by atoms with Crippen molar-refractivity contribution in [3.05, 3.63) is 76.1 Å². The van der Waals surface area contributed by atoms with Crippen LogP contribution >= 0.6 is 0 Å². The van der Waals surface area contributed by atoms with Crippen molar-refractivity contribution in [1.82, 2.24) is 19.9 Å². The fourth-order valence-electron chi connectivity index (χ4n) is 4.14. The van der Waals surface area contributed by atoms with Crippen LogP contribution in [-0.4, -0.2) is 88.1 Å². The van der Waals surface area contributed by atoms with Gasteiger partial charge >= 0.3 is 17.7 Å². The summed E-state index contributed by atoms with van der Waals surface area (Å²) in [6, 6.07) is 12.7. The first-order chi connectivity index (χ1) is 21.1. The number of hydrogen-bond acceptors (Lipinski definition) is 14. The highest BCUT2D eigenvalue weighted by molar-refractivity contribution is 5.85. The fourth-order valence-corrected chi connectivity index (χ4v) is 4.14. The Bertz CT molecular complexity index is 1670. The molecule has 230 valence electrons. The number of benzene rings is 2. The second-order valence-corrected chi connectivity index (χ2v) is 9.34. The van der Waals surface area contributed by atoms with Gasteiger partial charge in [0.2, 0.25) is 18.1 Å². The van der Waals surface area contributed by atoms with Crippen LogP contribution in [-0.2, 0) is 27.5 Å². The van der Waals surface area contributed by atoms with E-state index < -0.39 is 65.7 Å². The number of nitro benzene ring substituents is 1. The first-order valence-electron chi connectivity index (χ1n) is 12.8. The molecule has 0 aliphatic carbocycles. The molecule has 2 aromatic heterocycles. The van der Waals surface area contributed by atoms with Crippen LogP contribution in [0.5, 0.6) is 11.6 Å². The van der Waals surface area contributed by atoms with Crippen LogP contribution in [0.15, 0.2) is 54.9 Å². The van der Waals surface area contributed by atoms with Crippen LogP contribution < -0.4 is 14.8 Å². The van der Waals surface area contributed by atoms with Crippen molar-refractivity contribution < 1.29 is 53.9 Å². The number of aromatic nitrogens is 4. The number of anilines is 1. The van der Waals surface area contributed by atoms with E-state index in [-0.39, 0.29) is 29.6 Å².